The molecule has 2 rings (SSSR count). The molecule has 1 heterocycles. The van der Waals surface area contributed by atoms with Crippen molar-refractivity contribution in [2.75, 3.05) is 12.8 Å². The number of aryl methyl sites for hydroxylation is 1. The van der Waals surface area contributed by atoms with Crippen molar-refractivity contribution in [2.45, 2.75) is 44.8 Å². The predicted molar refractivity (Wildman–Crippen MR) is 59.6 cm³/mol. The van der Waals surface area contributed by atoms with E-state index in [9.17, 15) is 0 Å². The molecule has 1 fully saturated rings. The minimum absolute atomic E-state index is 0.118. The molecule has 0 amide bonds. The van der Waals surface area contributed by atoms with Gasteiger partial charge in [-0.05, 0) is 32.6 Å². The van der Waals surface area contributed by atoms with Crippen molar-refractivity contribution in [3.63, 3.8) is 0 Å². The second kappa shape index (κ2) is 3.85. The molecule has 0 saturated heterocycles. The number of methoxy groups -OCH3 is 1. The molecule has 1 aliphatic rings. The maximum Gasteiger partial charge on any atom is 0.0730 e. The largest absolute Gasteiger partial charge is 0.396 e. The zero-order valence-electron chi connectivity index (χ0n) is 9.49. The normalized spacial score (nSPS) is 18.8. The summed E-state index contributed by atoms with van der Waals surface area (Å²) in [5, 5.41) is 4.25. The van der Waals surface area contributed by atoms with Gasteiger partial charge in [-0.15, -0.1) is 0 Å². The van der Waals surface area contributed by atoms with Gasteiger partial charge in [-0.1, -0.05) is 0 Å². The van der Waals surface area contributed by atoms with Crippen molar-refractivity contribution in [3.05, 3.63) is 11.9 Å². The van der Waals surface area contributed by atoms with Gasteiger partial charge in [-0.3, -0.25) is 4.68 Å². The molecule has 0 radical (unpaired) electrons. The van der Waals surface area contributed by atoms with Crippen LogP contribution < -0.4 is 5.73 Å². The minimum Gasteiger partial charge on any atom is -0.396 e. The Morgan fingerprint density at radius 3 is 2.73 bits per heavy atom. The fourth-order valence-electron chi connectivity index (χ4n) is 2.12. The minimum atomic E-state index is 0.118. The van der Waals surface area contributed by atoms with Crippen LogP contribution in [-0.2, 0) is 11.3 Å². The van der Waals surface area contributed by atoms with E-state index in [1.165, 1.54) is 19.3 Å². The number of nitrogen functional groups attached to an aromatic ring is 1. The Labute approximate surface area is 90.4 Å². The standard InChI is InChI=1S/C11H19N3O/c1-9-10(12)8-13-14(9)7-6-11(15-2)4-3-5-11/h8H,3-7,12H2,1-2H3. The molecule has 1 aromatic rings. The van der Waals surface area contributed by atoms with Crippen LogP contribution in [0.5, 0.6) is 0 Å². The lowest BCUT2D eigenvalue weighted by molar-refractivity contribution is -0.0805. The van der Waals surface area contributed by atoms with Gasteiger partial charge in [0.15, 0.2) is 0 Å². The van der Waals surface area contributed by atoms with E-state index in [1.807, 2.05) is 18.7 Å². The zero-order valence-corrected chi connectivity index (χ0v) is 9.49. The fraction of sp³-hybridized carbons (Fsp3) is 0.727. The lowest BCUT2D eigenvalue weighted by atomic mass is 9.77. The molecule has 1 aliphatic carbocycles. The summed E-state index contributed by atoms with van der Waals surface area (Å²) in [5.41, 5.74) is 7.69. The highest BCUT2D eigenvalue weighted by Crippen LogP contribution is 2.38. The summed E-state index contributed by atoms with van der Waals surface area (Å²) in [5.74, 6) is 0. The Morgan fingerprint density at radius 2 is 2.33 bits per heavy atom. The smallest absolute Gasteiger partial charge is 0.0730 e. The summed E-state index contributed by atoms with van der Waals surface area (Å²) in [6, 6.07) is 0. The second-order valence-electron chi connectivity index (χ2n) is 4.40. The molecule has 0 atom stereocenters. The number of nitrogens with zero attached hydrogens (tertiary/aromatic N) is 2. The Hall–Kier alpha value is -1.03. The summed E-state index contributed by atoms with van der Waals surface area (Å²) in [6.07, 6.45) is 6.40. The molecule has 0 unspecified atom stereocenters. The maximum atomic E-state index is 5.74. The summed E-state index contributed by atoms with van der Waals surface area (Å²) in [6.45, 7) is 2.90. The average molecular weight is 209 g/mol. The van der Waals surface area contributed by atoms with Gasteiger partial charge in [0.25, 0.3) is 0 Å². The summed E-state index contributed by atoms with van der Waals surface area (Å²) < 4.78 is 7.54. The number of rotatable bonds is 4. The van der Waals surface area contributed by atoms with Crippen LogP contribution in [0.1, 0.15) is 31.4 Å². The third kappa shape index (κ3) is 1.86. The fourth-order valence-corrected chi connectivity index (χ4v) is 2.12. The Morgan fingerprint density at radius 1 is 1.60 bits per heavy atom. The lowest BCUT2D eigenvalue weighted by Crippen LogP contribution is -2.40. The first-order valence-corrected chi connectivity index (χ1v) is 5.50. The SMILES string of the molecule is COC1(CCn2ncc(N)c2C)CCC1. The van der Waals surface area contributed by atoms with Crippen LogP contribution >= 0.6 is 0 Å². The first-order chi connectivity index (χ1) is 7.17. The van der Waals surface area contributed by atoms with Gasteiger partial charge in [-0.2, -0.15) is 5.10 Å². The molecule has 4 nitrogen and oxygen atoms in total. The van der Waals surface area contributed by atoms with Crippen LogP contribution in [0, 0.1) is 6.92 Å². The predicted octanol–water partition coefficient (Wildman–Crippen LogP) is 1.73. The van der Waals surface area contributed by atoms with E-state index in [-0.39, 0.29) is 5.60 Å². The first-order valence-electron chi connectivity index (χ1n) is 5.50. The highest BCUT2D eigenvalue weighted by atomic mass is 16.5. The van der Waals surface area contributed by atoms with Gasteiger partial charge in [0.1, 0.15) is 0 Å². The molecule has 1 aromatic heterocycles. The monoisotopic (exact) mass is 209 g/mol. The Bertz CT molecular complexity index is 336. The summed E-state index contributed by atoms with van der Waals surface area (Å²) in [7, 11) is 1.81. The van der Waals surface area contributed by atoms with Crippen molar-refractivity contribution < 1.29 is 4.74 Å². The van der Waals surface area contributed by atoms with E-state index in [0.717, 1.165) is 24.3 Å². The molecule has 0 aliphatic heterocycles. The van der Waals surface area contributed by atoms with Crippen LogP contribution in [0.25, 0.3) is 0 Å². The maximum absolute atomic E-state index is 5.74. The molecule has 0 bridgehead atoms. The second-order valence-corrected chi connectivity index (χ2v) is 4.40. The van der Waals surface area contributed by atoms with Crippen LogP contribution in [0.15, 0.2) is 6.20 Å². The van der Waals surface area contributed by atoms with Gasteiger partial charge in [0, 0.05) is 13.7 Å². The van der Waals surface area contributed by atoms with E-state index >= 15 is 0 Å². The molecule has 84 valence electrons. The van der Waals surface area contributed by atoms with E-state index in [2.05, 4.69) is 5.10 Å². The van der Waals surface area contributed by atoms with Crippen LogP contribution in [0.4, 0.5) is 5.69 Å². The summed E-state index contributed by atoms with van der Waals surface area (Å²) >= 11 is 0. The van der Waals surface area contributed by atoms with Gasteiger partial charge in [0.05, 0.1) is 23.2 Å². The number of hydrogen-bond donors (Lipinski definition) is 1. The molecule has 0 spiro atoms. The highest BCUT2D eigenvalue weighted by Gasteiger charge is 2.36. The average Bonchev–Trinajstić information content (AvgIpc) is 2.48. The molecule has 1 saturated carbocycles. The number of nitrogens with two attached hydrogens (primary N) is 1. The number of aromatic nitrogens is 2. The number of hydrogen-bond acceptors (Lipinski definition) is 3. The van der Waals surface area contributed by atoms with Gasteiger partial charge in [0.2, 0.25) is 0 Å². The summed E-state index contributed by atoms with van der Waals surface area (Å²) in [4.78, 5) is 0. The number of anilines is 1. The molecule has 4 heteroatoms. The number of ether oxygens (including phenoxy) is 1. The molecule has 2 N–H and O–H groups in total. The van der Waals surface area contributed by atoms with Gasteiger partial charge < -0.3 is 10.5 Å². The van der Waals surface area contributed by atoms with Crippen molar-refractivity contribution in [1.82, 2.24) is 9.78 Å². The van der Waals surface area contributed by atoms with Gasteiger partial charge in [-0.25, -0.2) is 0 Å². The van der Waals surface area contributed by atoms with E-state index < -0.39 is 0 Å². The van der Waals surface area contributed by atoms with Crippen LogP contribution in [-0.4, -0.2) is 22.5 Å². The van der Waals surface area contributed by atoms with Crippen LogP contribution in [0.3, 0.4) is 0 Å². The zero-order chi connectivity index (χ0) is 10.9. The van der Waals surface area contributed by atoms with Gasteiger partial charge >= 0.3 is 0 Å². The van der Waals surface area contributed by atoms with E-state index in [1.54, 1.807) is 6.20 Å². The molecular weight excluding hydrogens is 190 g/mol. The third-order valence-electron chi connectivity index (χ3n) is 3.62. The molecule has 0 aromatic carbocycles. The Balaban J connectivity index is 1.95. The van der Waals surface area contributed by atoms with Crippen molar-refractivity contribution in [3.8, 4) is 0 Å². The lowest BCUT2D eigenvalue weighted by Gasteiger charge is -2.40. The van der Waals surface area contributed by atoms with Crippen molar-refractivity contribution in [1.29, 1.82) is 0 Å². The third-order valence-corrected chi connectivity index (χ3v) is 3.62. The topological polar surface area (TPSA) is 53.1 Å². The van der Waals surface area contributed by atoms with Crippen molar-refractivity contribution >= 4 is 5.69 Å². The molecular formula is C11H19N3O. The van der Waals surface area contributed by atoms with E-state index in [4.69, 9.17) is 10.5 Å². The molecule has 15 heavy (non-hydrogen) atoms. The quantitative estimate of drug-likeness (QED) is 0.821. The van der Waals surface area contributed by atoms with Crippen molar-refractivity contribution in [2.24, 2.45) is 0 Å². The van der Waals surface area contributed by atoms with E-state index in [0.29, 0.717) is 0 Å². The highest BCUT2D eigenvalue weighted by molar-refractivity contribution is 5.39. The first kappa shape index (κ1) is 10.5. The Kier molecular flexibility index (Phi) is 2.69. The van der Waals surface area contributed by atoms with Crippen LogP contribution in [0.2, 0.25) is 0 Å².